The first-order valence-electron chi connectivity index (χ1n) is 5.05. The van der Waals surface area contributed by atoms with Gasteiger partial charge in [0, 0.05) is 18.5 Å². The van der Waals surface area contributed by atoms with Crippen LogP contribution in [0.5, 0.6) is 0 Å². The summed E-state index contributed by atoms with van der Waals surface area (Å²) >= 11 is 0. The lowest BCUT2D eigenvalue weighted by Crippen LogP contribution is -2.88. The molecule has 0 saturated carbocycles. The number of hydrogen-bond acceptors (Lipinski definition) is 1. The van der Waals surface area contributed by atoms with Crippen molar-refractivity contribution in [2.75, 3.05) is 11.9 Å². The van der Waals surface area contributed by atoms with Gasteiger partial charge in [-0.25, -0.2) is 0 Å². The molecule has 1 aromatic carbocycles. The highest BCUT2D eigenvalue weighted by Gasteiger charge is 2.25. The van der Waals surface area contributed by atoms with Crippen molar-refractivity contribution in [2.45, 2.75) is 18.9 Å². The molecule has 0 aliphatic carbocycles. The normalized spacial score (nSPS) is 20.7. The molecule has 2 rings (SSSR count). The molecule has 0 aromatic heterocycles. The standard InChI is InChI=1S/C11H14N2O/c14-11(10-7-4-8-12-10)13-9-5-2-1-3-6-9/h1-3,5-6,10,12H,4,7-8H2,(H,13,14)/p+1/t10-/m1/s1. The number of nitrogens with two attached hydrogens (primary N) is 1. The molecule has 1 amide bonds. The Morgan fingerprint density at radius 3 is 2.79 bits per heavy atom. The minimum absolute atomic E-state index is 0.121. The molecule has 1 atom stereocenters. The van der Waals surface area contributed by atoms with Crippen molar-refractivity contribution in [2.24, 2.45) is 0 Å². The van der Waals surface area contributed by atoms with Gasteiger partial charge in [0.15, 0.2) is 6.04 Å². The quantitative estimate of drug-likeness (QED) is 0.696. The molecule has 1 heterocycles. The molecular formula is C11H15N2O+. The Morgan fingerprint density at radius 1 is 1.36 bits per heavy atom. The SMILES string of the molecule is O=C(Nc1ccccc1)[C@H]1CCC[NH2+]1. The zero-order valence-electron chi connectivity index (χ0n) is 8.07. The Balaban J connectivity index is 1.94. The number of rotatable bonds is 2. The lowest BCUT2D eigenvalue weighted by Gasteiger charge is -2.07. The highest BCUT2D eigenvalue weighted by molar-refractivity contribution is 5.93. The van der Waals surface area contributed by atoms with Crippen molar-refractivity contribution in [3.05, 3.63) is 30.3 Å². The molecule has 0 radical (unpaired) electrons. The van der Waals surface area contributed by atoms with Gasteiger partial charge >= 0.3 is 0 Å². The molecule has 1 aliphatic rings. The van der Waals surface area contributed by atoms with Crippen molar-refractivity contribution >= 4 is 11.6 Å². The first kappa shape index (κ1) is 9.21. The van der Waals surface area contributed by atoms with Crippen LogP contribution in [0.3, 0.4) is 0 Å². The van der Waals surface area contributed by atoms with Gasteiger partial charge in [-0.3, -0.25) is 4.79 Å². The van der Waals surface area contributed by atoms with Crippen LogP contribution >= 0.6 is 0 Å². The van der Waals surface area contributed by atoms with Crippen LogP contribution in [0.25, 0.3) is 0 Å². The molecule has 14 heavy (non-hydrogen) atoms. The maximum atomic E-state index is 11.7. The molecule has 1 fully saturated rings. The summed E-state index contributed by atoms with van der Waals surface area (Å²) < 4.78 is 0. The smallest absolute Gasteiger partial charge is 0.282 e. The second kappa shape index (κ2) is 4.24. The number of para-hydroxylation sites is 1. The van der Waals surface area contributed by atoms with E-state index in [0.717, 1.165) is 25.1 Å². The van der Waals surface area contributed by atoms with E-state index in [-0.39, 0.29) is 11.9 Å². The van der Waals surface area contributed by atoms with Crippen LogP contribution in [0.2, 0.25) is 0 Å². The predicted octanol–water partition coefficient (Wildman–Crippen LogP) is 0.351. The van der Waals surface area contributed by atoms with E-state index < -0.39 is 0 Å². The van der Waals surface area contributed by atoms with Crippen LogP contribution in [-0.4, -0.2) is 18.5 Å². The fourth-order valence-electron chi connectivity index (χ4n) is 1.77. The summed E-state index contributed by atoms with van der Waals surface area (Å²) in [5, 5.41) is 5.02. The van der Waals surface area contributed by atoms with Gasteiger partial charge in [0.1, 0.15) is 0 Å². The number of hydrogen-bond donors (Lipinski definition) is 2. The van der Waals surface area contributed by atoms with Gasteiger partial charge in [0.2, 0.25) is 0 Å². The number of amides is 1. The summed E-state index contributed by atoms with van der Waals surface area (Å²) in [6.45, 7) is 1.08. The number of carbonyl (C=O) groups excluding carboxylic acids is 1. The third-order valence-electron chi connectivity index (χ3n) is 2.55. The van der Waals surface area contributed by atoms with Crippen LogP contribution in [0.1, 0.15) is 12.8 Å². The highest BCUT2D eigenvalue weighted by atomic mass is 16.2. The van der Waals surface area contributed by atoms with Gasteiger partial charge in [-0.2, -0.15) is 0 Å². The van der Waals surface area contributed by atoms with E-state index >= 15 is 0 Å². The van der Waals surface area contributed by atoms with E-state index in [0.29, 0.717) is 0 Å². The van der Waals surface area contributed by atoms with Gasteiger partial charge < -0.3 is 10.6 Å². The Bertz CT molecular complexity index is 304. The van der Waals surface area contributed by atoms with E-state index in [1.165, 1.54) is 0 Å². The van der Waals surface area contributed by atoms with Gasteiger partial charge in [-0.05, 0) is 12.1 Å². The van der Waals surface area contributed by atoms with Gasteiger partial charge in [-0.15, -0.1) is 0 Å². The number of nitrogens with one attached hydrogen (secondary N) is 1. The number of quaternary nitrogens is 1. The number of benzene rings is 1. The van der Waals surface area contributed by atoms with Crippen LogP contribution in [0.15, 0.2) is 30.3 Å². The third-order valence-corrected chi connectivity index (χ3v) is 2.55. The second-order valence-electron chi connectivity index (χ2n) is 3.63. The summed E-state index contributed by atoms with van der Waals surface area (Å²) in [6.07, 6.45) is 2.14. The van der Waals surface area contributed by atoms with Crippen molar-refractivity contribution in [1.82, 2.24) is 0 Å². The fraction of sp³-hybridized carbons (Fsp3) is 0.364. The molecule has 1 saturated heterocycles. The number of carbonyl (C=O) groups is 1. The lowest BCUT2D eigenvalue weighted by molar-refractivity contribution is -0.656. The minimum Gasteiger partial charge on any atom is -0.336 e. The van der Waals surface area contributed by atoms with Crippen LogP contribution in [0, 0.1) is 0 Å². The van der Waals surface area contributed by atoms with E-state index in [1.807, 2.05) is 30.3 Å². The zero-order valence-corrected chi connectivity index (χ0v) is 8.07. The van der Waals surface area contributed by atoms with Gasteiger partial charge in [0.25, 0.3) is 5.91 Å². The summed E-state index contributed by atoms with van der Waals surface area (Å²) in [5.41, 5.74) is 0.887. The molecule has 1 aromatic rings. The average molecular weight is 191 g/mol. The van der Waals surface area contributed by atoms with Gasteiger partial charge in [0.05, 0.1) is 6.54 Å². The monoisotopic (exact) mass is 191 g/mol. The van der Waals surface area contributed by atoms with E-state index in [4.69, 9.17) is 0 Å². The second-order valence-corrected chi connectivity index (χ2v) is 3.63. The maximum absolute atomic E-state index is 11.7. The largest absolute Gasteiger partial charge is 0.336 e. The van der Waals surface area contributed by atoms with Crippen molar-refractivity contribution < 1.29 is 10.1 Å². The molecule has 1 aliphatic heterocycles. The van der Waals surface area contributed by atoms with Crippen molar-refractivity contribution in [3.8, 4) is 0 Å². The molecule has 3 nitrogen and oxygen atoms in total. The average Bonchev–Trinajstić information content (AvgIpc) is 2.72. The van der Waals surface area contributed by atoms with Gasteiger partial charge in [-0.1, -0.05) is 18.2 Å². The first-order valence-corrected chi connectivity index (χ1v) is 5.05. The Hall–Kier alpha value is -1.35. The summed E-state index contributed by atoms with van der Waals surface area (Å²) in [6, 6.07) is 9.73. The van der Waals surface area contributed by atoms with Crippen LogP contribution in [0.4, 0.5) is 5.69 Å². The molecular weight excluding hydrogens is 176 g/mol. The molecule has 0 unspecified atom stereocenters. The molecule has 0 spiro atoms. The molecule has 3 heteroatoms. The van der Waals surface area contributed by atoms with Crippen LogP contribution < -0.4 is 10.6 Å². The van der Waals surface area contributed by atoms with Crippen molar-refractivity contribution in [3.63, 3.8) is 0 Å². The summed E-state index contributed by atoms with van der Waals surface area (Å²) in [4.78, 5) is 11.7. The van der Waals surface area contributed by atoms with E-state index in [1.54, 1.807) is 0 Å². The van der Waals surface area contributed by atoms with Crippen molar-refractivity contribution in [1.29, 1.82) is 0 Å². The molecule has 0 bridgehead atoms. The number of anilines is 1. The Kier molecular flexibility index (Phi) is 2.79. The summed E-state index contributed by atoms with van der Waals surface area (Å²) in [5.74, 6) is 0.133. The third kappa shape index (κ3) is 2.12. The lowest BCUT2D eigenvalue weighted by atomic mass is 10.2. The molecule has 74 valence electrons. The van der Waals surface area contributed by atoms with E-state index in [9.17, 15) is 4.79 Å². The highest BCUT2D eigenvalue weighted by Crippen LogP contribution is 2.07. The zero-order chi connectivity index (χ0) is 9.80. The van der Waals surface area contributed by atoms with E-state index in [2.05, 4.69) is 10.6 Å². The topological polar surface area (TPSA) is 45.7 Å². The Labute approximate surface area is 83.5 Å². The first-order chi connectivity index (χ1) is 6.86. The minimum atomic E-state index is 0.121. The summed E-state index contributed by atoms with van der Waals surface area (Å²) in [7, 11) is 0. The Morgan fingerprint density at radius 2 is 2.14 bits per heavy atom. The van der Waals surface area contributed by atoms with Crippen LogP contribution in [-0.2, 0) is 4.79 Å². The predicted molar refractivity (Wildman–Crippen MR) is 54.9 cm³/mol. The maximum Gasteiger partial charge on any atom is 0.282 e. The molecule has 3 N–H and O–H groups in total. The fourth-order valence-corrected chi connectivity index (χ4v) is 1.77.